The van der Waals surface area contributed by atoms with Gasteiger partial charge < -0.3 is 33.6 Å². The first-order chi connectivity index (χ1) is 8.70. The van der Waals surface area contributed by atoms with E-state index in [4.69, 9.17) is 4.74 Å². The van der Waals surface area contributed by atoms with Gasteiger partial charge in [-0.2, -0.15) is 4.57 Å². The number of ether oxygens (including phenoxy) is 1. The lowest BCUT2D eigenvalue weighted by atomic mass is 10.1. The van der Waals surface area contributed by atoms with Gasteiger partial charge in [-0.1, -0.05) is 6.92 Å². The maximum Gasteiger partial charge on any atom is 0.415 e. The van der Waals surface area contributed by atoms with E-state index in [-0.39, 0.29) is 36.1 Å². The van der Waals surface area contributed by atoms with E-state index in [1.54, 1.807) is 17.1 Å². The highest BCUT2D eigenvalue weighted by molar-refractivity contribution is 5.76. The highest BCUT2D eigenvalue weighted by atomic mass is 127. The van der Waals surface area contributed by atoms with Gasteiger partial charge >= 0.3 is 6.03 Å². The second kappa shape index (κ2) is 7.84. The summed E-state index contributed by atoms with van der Waals surface area (Å²) >= 11 is 0. The molecule has 108 valence electrons. The Morgan fingerprint density at radius 3 is 2.95 bits per heavy atom. The lowest BCUT2D eigenvalue weighted by molar-refractivity contribution is -0.670. The quantitative estimate of drug-likeness (QED) is 0.458. The first-order valence-electron chi connectivity index (χ1n) is 6.65. The number of carbonyl (C=O) groups is 1. The fourth-order valence-electron chi connectivity index (χ4n) is 2.26. The highest BCUT2D eigenvalue weighted by Crippen LogP contribution is 2.14. The zero-order valence-electron chi connectivity index (χ0n) is 11.6. The van der Waals surface area contributed by atoms with Crippen LogP contribution < -0.4 is 28.5 Å². The van der Waals surface area contributed by atoms with E-state index in [0.29, 0.717) is 6.54 Å². The third-order valence-electron chi connectivity index (χ3n) is 3.20. The molecule has 1 fully saturated rings. The number of aromatic nitrogens is 2. The van der Waals surface area contributed by atoms with Crippen LogP contribution in [-0.4, -0.2) is 41.3 Å². The van der Waals surface area contributed by atoms with Crippen molar-refractivity contribution in [1.29, 1.82) is 0 Å². The molecule has 1 aromatic rings. The van der Waals surface area contributed by atoms with Gasteiger partial charge in [0.25, 0.3) is 6.33 Å². The van der Waals surface area contributed by atoms with Gasteiger partial charge in [0.15, 0.2) is 0 Å². The number of carbonyl (C=O) groups excluding carboxylic acids is 1. The van der Waals surface area contributed by atoms with Crippen LogP contribution in [0.3, 0.4) is 0 Å². The van der Waals surface area contributed by atoms with Crippen molar-refractivity contribution in [2.45, 2.75) is 32.3 Å². The Kier molecular flexibility index (Phi) is 6.78. The number of amides is 1. The van der Waals surface area contributed by atoms with Crippen molar-refractivity contribution >= 4 is 6.03 Å². The first kappa shape index (κ1) is 16.4. The maximum atomic E-state index is 12.3. The fourth-order valence-corrected chi connectivity index (χ4v) is 2.26. The van der Waals surface area contributed by atoms with Crippen molar-refractivity contribution in [3.05, 3.63) is 18.7 Å². The van der Waals surface area contributed by atoms with Crippen LogP contribution in [0.15, 0.2) is 18.7 Å². The second-order valence-corrected chi connectivity index (χ2v) is 4.85. The molecule has 1 aliphatic heterocycles. The summed E-state index contributed by atoms with van der Waals surface area (Å²) in [4.78, 5) is 14.1. The van der Waals surface area contributed by atoms with Crippen LogP contribution in [0.4, 0.5) is 4.79 Å². The minimum atomic E-state index is 0. The van der Waals surface area contributed by atoms with Crippen LogP contribution in [0.25, 0.3) is 0 Å². The molecule has 19 heavy (non-hydrogen) atoms. The molecule has 0 bridgehead atoms. The largest absolute Gasteiger partial charge is 1.00 e. The summed E-state index contributed by atoms with van der Waals surface area (Å²) in [6.45, 7) is 4.42. The fraction of sp³-hybridized carbons (Fsp3) is 0.692. The number of imidazole rings is 1. The van der Waals surface area contributed by atoms with Crippen LogP contribution in [0.5, 0.6) is 0 Å². The Bertz CT molecular complexity index is 408. The predicted molar refractivity (Wildman–Crippen MR) is 67.2 cm³/mol. The molecule has 1 atom stereocenters. The van der Waals surface area contributed by atoms with Gasteiger partial charge in [0, 0.05) is 13.2 Å². The van der Waals surface area contributed by atoms with E-state index in [0.717, 1.165) is 32.4 Å². The molecule has 0 N–H and O–H groups in total. The van der Waals surface area contributed by atoms with E-state index < -0.39 is 0 Å². The van der Waals surface area contributed by atoms with E-state index >= 15 is 0 Å². The molecule has 2 heterocycles. The average Bonchev–Trinajstić information content (AvgIpc) is 2.82. The molecule has 0 aliphatic carbocycles. The third kappa shape index (κ3) is 4.45. The van der Waals surface area contributed by atoms with Gasteiger partial charge in [0.05, 0.1) is 19.7 Å². The molecule has 5 nitrogen and oxygen atoms in total. The smallest absolute Gasteiger partial charge is 0.415 e. The molecule has 1 aromatic heterocycles. The summed E-state index contributed by atoms with van der Waals surface area (Å²) < 4.78 is 9.24. The van der Waals surface area contributed by atoms with E-state index in [1.165, 1.54) is 0 Å². The van der Waals surface area contributed by atoms with Gasteiger partial charge in [-0.15, -0.1) is 0 Å². The Hall–Kier alpha value is -0.630. The van der Waals surface area contributed by atoms with Crippen molar-refractivity contribution in [2.24, 2.45) is 7.05 Å². The number of nitrogens with zero attached hydrogens (tertiary/aromatic N) is 3. The predicted octanol–water partition coefficient (Wildman–Crippen LogP) is -1.82. The van der Waals surface area contributed by atoms with E-state index in [1.807, 2.05) is 22.7 Å². The molecule has 0 aromatic carbocycles. The molecular formula is C13H22IN3O2. The number of hydrogen-bond acceptors (Lipinski definition) is 2. The van der Waals surface area contributed by atoms with E-state index in [9.17, 15) is 4.79 Å². The number of halogens is 1. The van der Waals surface area contributed by atoms with Crippen LogP contribution in [0.2, 0.25) is 0 Å². The SMILES string of the molecule is CCCOC1CCCN(C(=O)n2cc[n+](C)c2)C1.[I-]. The molecule has 1 unspecified atom stereocenters. The van der Waals surface area contributed by atoms with E-state index in [2.05, 4.69) is 6.92 Å². The van der Waals surface area contributed by atoms with Gasteiger partial charge in [-0.25, -0.2) is 9.36 Å². The molecule has 1 amide bonds. The summed E-state index contributed by atoms with van der Waals surface area (Å²) in [5, 5.41) is 0. The third-order valence-corrected chi connectivity index (χ3v) is 3.20. The minimum absolute atomic E-state index is 0. The summed E-state index contributed by atoms with van der Waals surface area (Å²) in [5.41, 5.74) is 0. The molecule has 6 heteroatoms. The number of hydrogen-bond donors (Lipinski definition) is 0. The van der Waals surface area contributed by atoms with Gasteiger partial charge in [0.2, 0.25) is 0 Å². The lowest BCUT2D eigenvalue weighted by Gasteiger charge is -2.30. The molecule has 0 saturated carbocycles. The average molecular weight is 379 g/mol. The first-order valence-corrected chi connectivity index (χ1v) is 6.65. The van der Waals surface area contributed by atoms with Crippen LogP contribution >= 0.6 is 0 Å². The molecule has 1 saturated heterocycles. The second-order valence-electron chi connectivity index (χ2n) is 4.85. The minimum Gasteiger partial charge on any atom is -1.00 e. The van der Waals surface area contributed by atoms with Gasteiger partial charge in [-0.05, 0) is 19.3 Å². The molecular weight excluding hydrogens is 357 g/mol. The topological polar surface area (TPSA) is 38.4 Å². The number of piperidine rings is 1. The summed E-state index contributed by atoms with van der Waals surface area (Å²) in [6, 6.07) is 0.0420. The Morgan fingerprint density at radius 2 is 2.32 bits per heavy atom. The van der Waals surface area contributed by atoms with Crippen molar-refractivity contribution in [3.63, 3.8) is 0 Å². The normalized spacial score (nSPS) is 19.1. The maximum absolute atomic E-state index is 12.3. The number of rotatable bonds is 3. The van der Waals surface area contributed by atoms with Crippen molar-refractivity contribution in [2.75, 3.05) is 19.7 Å². The van der Waals surface area contributed by atoms with Gasteiger partial charge in [0.1, 0.15) is 12.4 Å². The zero-order valence-corrected chi connectivity index (χ0v) is 13.7. The zero-order chi connectivity index (χ0) is 13.0. The van der Waals surface area contributed by atoms with Gasteiger partial charge in [-0.3, -0.25) is 0 Å². The van der Waals surface area contributed by atoms with Crippen LogP contribution in [-0.2, 0) is 11.8 Å². The summed E-state index contributed by atoms with van der Waals surface area (Å²) in [7, 11) is 1.91. The Labute approximate surface area is 131 Å². The summed E-state index contributed by atoms with van der Waals surface area (Å²) in [6.07, 6.45) is 8.76. The van der Waals surface area contributed by atoms with Crippen molar-refractivity contribution in [1.82, 2.24) is 9.47 Å². The standard InChI is InChI=1S/C13H22N3O2.HI/c1-3-9-18-12-5-4-6-15(10-12)13(17)16-8-7-14(2)11-16;/h7-8,11-12H,3-6,9-10H2,1-2H3;1H/q+1;/p-1. The molecule has 0 radical (unpaired) electrons. The Balaban J connectivity index is 0.00000180. The monoisotopic (exact) mass is 379 g/mol. The highest BCUT2D eigenvalue weighted by Gasteiger charge is 2.27. The molecule has 0 spiro atoms. The molecule has 2 rings (SSSR count). The van der Waals surface area contributed by atoms with Crippen molar-refractivity contribution in [3.8, 4) is 0 Å². The lowest BCUT2D eigenvalue weighted by Crippen LogP contribution is -3.00. The molecule has 1 aliphatic rings. The Morgan fingerprint density at radius 1 is 1.53 bits per heavy atom. The van der Waals surface area contributed by atoms with Crippen molar-refractivity contribution < 1.29 is 38.1 Å². The summed E-state index contributed by atoms with van der Waals surface area (Å²) in [5.74, 6) is 0. The number of likely N-dealkylation sites (tertiary alicyclic amines) is 1. The van der Waals surface area contributed by atoms with Crippen LogP contribution in [0, 0.1) is 0 Å². The number of aryl methyl sites for hydroxylation is 1. The van der Waals surface area contributed by atoms with Crippen LogP contribution in [0.1, 0.15) is 26.2 Å².